The van der Waals surface area contributed by atoms with Gasteiger partial charge in [0.15, 0.2) is 0 Å². The predicted octanol–water partition coefficient (Wildman–Crippen LogP) is 3.72. The van der Waals surface area contributed by atoms with E-state index in [1.54, 1.807) is 22.6 Å². The highest BCUT2D eigenvalue weighted by molar-refractivity contribution is 7.89. The lowest BCUT2D eigenvalue weighted by molar-refractivity contribution is 0.400. The minimum atomic E-state index is -3.59. The number of aryl methyl sites for hydroxylation is 1. The van der Waals surface area contributed by atoms with E-state index in [0.29, 0.717) is 12.1 Å². The third-order valence-corrected chi connectivity index (χ3v) is 6.84. The lowest BCUT2D eigenvalue weighted by atomic mass is 10.2. The van der Waals surface area contributed by atoms with E-state index in [-0.39, 0.29) is 10.9 Å². The topological polar surface area (TPSA) is 37.4 Å². The number of sulfonamides is 1. The summed E-state index contributed by atoms with van der Waals surface area (Å²) in [5.74, 6) is -0.414. The zero-order valence-electron chi connectivity index (χ0n) is 11.6. The molecule has 0 amide bonds. The van der Waals surface area contributed by atoms with E-state index >= 15 is 0 Å². The SMILES string of the molecule is Cc1cc(F)ccc1S(=O)(=O)N1CCCC1c1cccs1. The fourth-order valence-corrected chi connectivity index (χ4v) is 5.64. The predicted molar refractivity (Wildman–Crippen MR) is 81.3 cm³/mol. The first-order valence-electron chi connectivity index (χ1n) is 6.81. The molecule has 1 saturated heterocycles. The van der Waals surface area contributed by atoms with Crippen molar-refractivity contribution in [3.8, 4) is 0 Å². The summed E-state index contributed by atoms with van der Waals surface area (Å²) in [5.41, 5.74) is 0.451. The molecule has 0 aliphatic carbocycles. The molecule has 21 heavy (non-hydrogen) atoms. The Kier molecular flexibility index (Phi) is 3.86. The van der Waals surface area contributed by atoms with Crippen molar-refractivity contribution in [1.29, 1.82) is 0 Å². The maximum Gasteiger partial charge on any atom is 0.243 e. The van der Waals surface area contributed by atoms with E-state index in [9.17, 15) is 12.8 Å². The molecule has 2 heterocycles. The number of hydrogen-bond donors (Lipinski definition) is 0. The van der Waals surface area contributed by atoms with E-state index in [1.807, 2.05) is 17.5 Å². The van der Waals surface area contributed by atoms with Crippen LogP contribution in [-0.4, -0.2) is 19.3 Å². The zero-order valence-corrected chi connectivity index (χ0v) is 13.3. The first kappa shape index (κ1) is 14.7. The van der Waals surface area contributed by atoms with Gasteiger partial charge in [0.05, 0.1) is 10.9 Å². The van der Waals surface area contributed by atoms with Gasteiger partial charge in [0.1, 0.15) is 5.82 Å². The third kappa shape index (κ3) is 2.63. The number of rotatable bonds is 3. The lowest BCUT2D eigenvalue weighted by Crippen LogP contribution is -2.30. The van der Waals surface area contributed by atoms with Gasteiger partial charge < -0.3 is 0 Å². The average molecular weight is 325 g/mol. The Labute approximate surface area is 128 Å². The van der Waals surface area contributed by atoms with Crippen LogP contribution in [0.25, 0.3) is 0 Å². The van der Waals surface area contributed by atoms with Gasteiger partial charge in [0, 0.05) is 11.4 Å². The van der Waals surface area contributed by atoms with Gasteiger partial charge in [-0.1, -0.05) is 6.07 Å². The largest absolute Gasteiger partial charge is 0.243 e. The van der Waals surface area contributed by atoms with Crippen molar-refractivity contribution in [1.82, 2.24) is 4.31 Å². The molecule has 1 aliphatic rings. The van der Waals surface area contributed by atoms with Crippen molar-refractivity contribution in [3.63, 3.8) is 0 Å². The molecule has 1 fully saturated rings. The minimum absolute atomic E-state index is 0.0977. The Bertz CT molecular complexity index is 741. The summed E-state index contributed by atoms with van der Waals surface area (Å²) in [6.45, 7) is 2.15. The van der Waals surface area contributed by atoms with Crippen LogP contribution in [-0.2, 0) is 10.0 Å². The van der Waals surface area contributed by atoms with Crippen LogP contribution in [0.5, 0.6) is 0 Å². The molecule has 112 valence electrons. The second kappa shape index (κ2) is 5.51. The molecule has 1 atom stereocenters. The van der Waals surface area contributed by atoms with Crippen LogP contribution in [0.4, 0.5) is 4.39 Å². The first-order chi connectivity index (χ1) is 10.00. The van der Waals surface area contributed by atoms with Gasteiger partial charge in [0.25, 0.3) is 0 Å². The lowest BCUT2D eigenvalue weighted by Gasteiger charge is -2.24. The van der Waals surface area contributed by atoms with E-state index in [2.05, 4.69) is 0 Å². The minimum Gasteiger partial charge on any atom is -0.207 e. The molecule has 3 rings (SSSR count). The Morgan fingerprint density at radius 2 is 2.14 bits per heavy atom. The number of benzene rings is 1. The molecule has 1 unspecified atom stereocenters. The molecule has 6 heteroatoms. The molecule has 1 aliphatic heterocycles. The fourth-order valence-electron chi connectivity index (χ4n) is 2.82. The second-order valence-corrected chi connectivity index (χ2v) is 8.04. The highest BCUT2D eigenvalue weighted by Gasteiger charge is 2.37. The monoisotopic (exact) mass is 325 g/mol. The highest BCUT2D eigenvalue weighted by Crippen LogP contribution is 2.38. The van der Waals surface area contributed by atoms with E-state index in [4.69, 9.17) is 0 Å². The van der Waals surface area contributed by atoms with Gasteiger partial charge in [-0.2, -0.15) is 4.31 Å². The van der Waals surface area contributed by atoms with Crippen molar-refractivity contribution in [2.75, 3.05) is 6.54 Å². The van der Waals surface area contributed by atoms with Crippen molar-refractivity contribution in [2.45, 2.75) is 30.7 Å². The van der Waals surface area contributed by atoms with Crippen LogP contribution in [0, 0.1) is 12.7 Å². The van der Waals surface area contributed by atoms with Crippen LogP contribution in [0.15, 0.2) is 40.6 Å². The van der Waals surface area contributed by atoms with Crippen LogP contribution >= 0.6 is 11.3 Å². The summed E-state index contributed by atoms with van der Waals surface area (Å²) < 4.78 is 40.5. The Balaban J connectivity index is 2.01. The first-order valence-corrected chi connectivity index (χ1v) is 9.13. The van der Waals surface area contributed by atoms with Crippen molar-refractivity contribution >= 4 is 21.4 Å². The summed E-state index contributed by atoms with van der Waals surface area (Å²) in [6.07, 6.45) is 1.68. The molecule has 1 aromatic heterocycles. The summed E-state index contributed by atoms with van der Waals surface area (Å²) >= 11 is 1.58. The smallest absolute Gasteiger partial charge is 0.207 e. The number of halogens is 1. The number of hydrogen-bond acceptors (Lipinski definition) is 3. The summed E-state index contributed by atoms with van der Waals surface area (Å²) in [4.78, 5) is 1.27. The van der Waals surface area contributed by atoms with Crippen LogP contribution in [0.1, 0.15) is 29.3 Å². The normalized spacial score (nSPS) is 20.0. The molecule has 0 N–H and O–H groups in total. The molecule has 0 saturated carbocycles. The summed E-state index contributed by atoms with van der Waals surface area (Å²) in [7, 11) is -3.59. The molecule has 0 spiro atoms. The van der Waals surface area contributed by atoms with Gasteiger partial charge in [-0.3, -0.25) is 0 Å². The highest BCUT2D eigenvalue weighted by atomic mass is 32.2. The molecule has 2 aromatic rings. The van der Waals surface area contributed by atoms with Gasteiger partial charge in [0.2, 0.25) is 10.0 Å². The zero-order chi connectivity index (χ0) is 15.0. The van der Waals surface area contributed by atoms with Crippen LogP contribution in [0.2, 0.25) is 0 Å². The maximum atomic E-state index is 13.2. The summed E-state index contributed by atoms with van der Waals surface area (Å²) in [6, 6.07) is 7.65. The third-order valence-electron chi connectivity index (χ3n) is 3.80. The number of thiophene rings is 1. The number of nitrogens with zero attached hydrogens (tertiary/aromatic N) is 1. The molecular weight excluding hydrogens is 309 g/mol. The molecule has 0 radical (unpaired) electrons. The molecule has 0 bridgehead atoms. The van der Waals surface area contributed by atoms with E-state index < -0.39 is 15.8 Å². The van der Waals surface area contributed by atoms with Crippen LogP contribution in [0.3, 0.4) is 0 Å². The standard InChI is InChI=1S/C15H16FNO2S2/c1-11-10-12(16)6-7-15(11)21(18,19)17-8-2-4-13(17)14-5-3-9-20-14/h3,5-7,9-10,13H,2,4,8H2,1H3. The Hall–Kier alpha value is -1.24. The van der Waals surface area contributed by atoms with Gasteiger partial charge >= 0.3 is 0 Å². The van der Waals surface area contributed by atoms with Crippen molar-refractivity contribution in [2.24, 2.45) is 0 Å². The van der Waals surface area contributed by atoms with Crippen molar-refractivity contribution < 1.29 is 12.8 Å². The Morgan fingerprint density at radius 1 is 1.33 bits per heavy atom. The fraction of sp³-hybridized carbons (Fsp3) is 0.333. The maximum absolute atomic E-state index is 13.2. The van der Waals surface area contributed by atoms with E-state index in [1.165, 1.54) is 18.2 Å². The molecule has 3 nitrogen and oxygen atoms in total. The van der Waals surface area contributed by atoms with Crippen molar-refractivity contribution in [3.05, 3.63) is 52.0 Å². The molecular formula is C15H16FNO2S2. The second-order valence-electron chi connectivity index (χ2n) is 5.20. The van der Waals surface area contributed by atoms with Gasteiger partial charge in [-0.15, -0.1) is 11.3 Å². The average Bonchev–Trinajstić information content (AvgIpc) is 3.09. The Morgan fingerprint density at radius 3 is 2.81 bits per heavy atom. The quantitative estimate of drug-likeness (QED) is 0.862. The van der Waals surface area contributed by atoms with Gasteiger partial charge in [-0.25, -0.2) is 12.8 Å². The van der Waals surface area contributed by atoms with E-state index in [0.717, 1.165) is 17.7 Å². The molecule has 1 aromatic carbocycles. The summed E-state index contributed by atoms with van der Waals surface area (Å²) in [5, 5.41) is 1.96. The van der Waals surface area contributed by atoms with Crippen LogP contribution < -0.4 is 0 Å². The van der Waals surface area contributed by atoms with Gasteiger partial charge in [-0.05, 0) is 55.0 Å².